The van der Waals surface area contributed by atoms with Gasteiger partial charge < -0.3 is 15.2 Å². The SMILES string of the molecule is CCl.C[C@@](O)(COc1ccc(N=C=S)cc1)C(=O)Nc1ccc([N+](=O)[O-])c(C(F)(F)F)c1. The summed E-state index contributed by atoms with van der Waals surface area (Å²) < 4.78 is 44.5. The van der Waals surface area contributed by atoms with Crippen molar-refractivity contribution in [2.24, 2.45) is 4.99 Å². The van der Waals surface area contributed by atoms with Gasteiger partial charge in [-0.25, -0.2) is 0 Å². The van der Waals surface area contributed by atoms with Crippen LogP contribution in [0.4, 0.5) is 30.2 Å². The van der Waals surface area contributed by atoms with Gasteiger partial charge in [0.25, 0.3) is 11.6 Å². The van der Waals surface area contributed by atoms with Gasteiger partial charge in [-0.3, -0.25) is 14.9 Å². The van der Waals surface area contributed by atoms with Crippen LogP contribution in [0.25, 0.3) is 0 Å². The predicted octanol–water partition coefficient (Wildman–Crippen LogP) is 4.97. The molecule has 2 aromatic rings. The third-order valence-electron chi connectivity index (χ3n) is 3.78. The number of carbonyl (C=O) groups is 1. The number of aliphatic imine (C=N–C) groups is 1. The molecule has 0 saturated heterocycles. The van der Waals surface area contributed by atoms with Gasteiger partial charge in [0.1, 0.15) is 17.9 Å². The topological polar surface area (TPSA) is 114 Å². The van der Waals surface area contributed by atoms with E-state index >= 15 is 0 Å². The lowest BCUT2D eigenvalue weighted by Crippen LogP contribution is -2.45. The number of nitro benzene ring substituents is 1. The van der Waals surface area contributed by atoms with Gasteiger partial charge in [-0.1, -0.05) is 0 Å². The van der Waals surface area contributed by atoms with E-state index in [0.29, 0.717) is 23.6 Å². The van der Waals surface area contributed by atoms with E-state index in [1.807, 2.05) is 0 Å². The van der Waals surface area contributed by atoms with Crippen molar-refractivity contribution in [2.45, 2.75) is 18.7 Å². The minimum atomic E-state index is -5.01. The van der Waals surface area contributed by atoms with Gasteiger partial charge >= 0.3 is 6.18 Å². The summed E-state index contributed by atoms with van der Waals surface area (Å²) in [7, 11) is 0. The van der Waals surface area contributed by atoms with Crippen LogP contribution in [-0.4, -0.2) is 39.7 Å². The minimum absolute atomic E-state index is 0.293. The number of hydrogen-bond donors (Lipinski definition) is 2. The van der Waals surface area contributed by atoms with Gasteiger partial charge in [0.05, 0.1) is 15.8 Å². The molecule has 0 aliphatic heterocycles. The fourth-order valence-electron chi connectivity index (χ4n) is 2.22. The molecule has 0 bridgehead atoms. The number of nitrogens with one attached hydrogen (secondary N) is 1. The molecule has 32 heavy (non-hydrogen) atoms. The fourth-order valence-corrected chi connectivity index (χ4v) is 2.33. The number of isothiocyanates is 1. The Morgan fingerprint density at radius 2 is 1.88 bits per heavy atom. The Kier molecular flexibility index (Phi) is 9.73. The number of aliphatic hydroxyl groups is 1. The summed E-state index contributed by atoms with van der Waals surface area (Å²) in [6.07, 6.45) is -3.53. The normalized spacial score (nSPS) is 12.3. The summed E-state index contributed by atoms with van der Waals surface area (Å²) in [5, 5.41) is 25.4. The fraction of sp³-hybridized carbons (Fsp3) is 0.263. The molecule has 0 radical (unpaired) electrons. The smallest absolute Gasteiger partial charge is 0.423 e. The zero-order chi connectivity index (χ0) is 24.5. The molecule has 0 aliphatic rings. The van der Waals surface area contributed by atoms with Crippen LogP contribution in [-0.2, 0) is 11.0 Å². The van der Waals surface area contributed by atoms with E-state index in [9.17, 15) is 33.2 Å². The first-order chi connectivity index (χ1) is 14.9. The van der Waals surface area contributed by atoms with Crippen LogP contribution in [0.1, 0.15) is 12.5 Å². The second-order valence-corrected chi connectivity index (χ2v) is 6.38. The number of benzene rings is 2. The van der Waals surface area contributed by atoms with Gasteiger partial charge in [-0.15, -0.1) is 11.6 Å². The molecular formula is C19H17ClF3N3O5S. The lowest BCUT2D eigenvalue weighted by atomic mass is 10.1. The molecule has 1 atom stereocenters. The lowest BCUT2D eigenvalue weighted by Gasteiger charge is -2.23. The molecule has 0 spiro atoms. The van der Waals surface area contributed by atoms with Gasteiger partial charge in [0.15, 0.2) is 5.60 Å². The summed E-state index contributed by atoms with van der Waals surface area (Å²) in [5.41, 5.74) is -4.66. The molecule has 8 nitrogen and oxygen atoms in total. The molecule has 2 aromatic carbocycles. The van der Waals surface area contributed by atoms with E-state index in [1.165, 1.54) is 18.5 Å². The Morgan fingerprint density at radius 1 is 1.28 bits per heavy atom. The highest BCUT2D eigenvalue weighted by atomic mass is 35.5. The van der Waals surface area contributed by atoms with Crippen molar-refractivity contribution >= 4 is 51.9 Å². The predicted molar refractivity (Wildman–Crippen MR) is 116 cm³/mol. The monoisotopic (exact) mass is 491 g/mol. The molecule has 172 valence electrons. The van der Waals surface area contributed by atoms with Crippen LogP contribution in [0.5, 0.6) is 5.75 Å². The van der Waals surface area contributed by atoms with E-state index in [0.717, 1.165) is 13.0 Å². The number of thiocarbonyl (C=S) groups is 1. The third-order valence-corrected chi connectivity index (χ3v) is 3.87. The number of anilines is 1. The molecule has 0 aromatic heterocycles. The van der Waals surface area contributed by atoms with Crippen LogP contribution in [0.15, 0.2) is 47.5 Å². The third kappa shape index (κ3) is 7.57. The summed E-state index contributed by atoms with van der Waals surface area (Å²) in [6.45, 7) is 0.580. The van der Waals surface area contributed by atoms with Crippen molar-refractivity contribution in [3.63, 3.8) is 0 Å². The molecule has 13 heteroatoms. The molecular weight excluding hydrogens is 475 g/mol. The molecule has 2 N–H and O–H groups in total. The first-order valence-electron chi connectivity index (χ1n) is 8.52. The Morgan fingerprint density at radius 3 is 2.38 bits per heavy atom. The zero-order valence-corrected chi connectivity index (χ0v) is 18.2. The number of nitrogens with zero attached hydrogens (tertiary/aromatic N) is 2. The number of nitro groups is 1. The summed E-state index contributed by atoms with van der Waals surface area (Å²) in [5.74, 6) is -0.771. The van der Waals surface area contributed by atoms with E-state index in [-0.39, 0.29) is 5.69 Å². The Hall–Kier alpha value is -3.05. The average molecular weight is 492 g/mol. The number of hydrogen-bond acceptors (Lipinski definition) is 7. The van der Waals surface area contributed by atoms with Crippen LogP contribution < -0.4 is 10.1 Å². The number of ether oxygens (including phenoxy) is 1. The number of alkyl halides is 4. The van der Waals surface area contributed by atoms with Crippen molar-refractivity contribution in [3.05, 3.63) is 58.1 Å². The maximum absolute atomic E-state index is 13.0. The number of carbonyl (C=O) groups excluding carboxylic acids is 1. The Balaban J connectivity index is 0.00000249. The average Bonchev–Trinajstić information content (AvgIpc) is 2.74. The van der Waals surface area contributed by atoms with E-state index in [4.69, 9.17) is 4.74 Å². The molecule has 0 heterocycles. The van der Waals surface area contributed by atoms with E-state index < -0.39 is 40.5 Å². The first-order valence-corrected chi connectivity index (χ1v) is 9.68. The Labute approximate surface area is 190 Å². The zero-order valence-electron chi connectivity index (χ0n) is 16.6. The molecule has 2 rings (SSSR count). The second-order valence-electron chi connectivity index (χ2n) is 6.20. The maximum Gasteiger partial charge on any atom is 0.423 e. The maximum atomic E-state index is 13.0. The summed E-state index contributed by atoms with van der Waals surface area (Å²) >= 11 is 9.12. The van der Waals surface area contributed by atoms with Crippen molar-refractivity contribution in [1.82, 2.24) is 0 Å². The van der Waals surface area contributed by atoms with Gasteiger partial charge in [-0.2, -0.15) is 18.2 Å². The van der Waals surface area contributed by atoms with Gasteiger partial charge in [0, 0.05) is 18.1 Å². The Bertz CT molecular complexity index is 1010. The lowest BCUT2D eigenvalue weighted by molar-refractivity contribution is -0.388. The van der Waals surface area contributed by atoms with Crippen molar-refractivity contribution in [1.29, 1.82) is 0 Å². The molecule has 0 aliphatic carbocycles. The van der Waals surface area contributed by atoms with Crippen molar-refractivity contribution < 1.29 is 32.7 Å². The van der Waals surface area contributed by atoms with Crippen LogP contribution in [0.2, 0.25) is 0 Å². The van der Waals surface area contributed by atoms with E-state index in [1.54, 1.807) is 12.1 Å². The number of halogens is 4. The summed E-state index contributed by atoms with van der Waals surface area (Å²) in [6, 6.07) is 8.09. The highest BCUT2D eigenvalue weighted by Crippen LogP contribution is 2.37. The number of amides is 1. The minimum Gasteiger partial charge on any atom is -0.490 e. The van der Waals surface area contributed by atoms with Crippen LogP contribution in [0, 0.1) is 10.1 Å². The molecule has 0 saturated carbocycles. The summed E-state index contributed by atoms with van der Waals surface area (Å²) in [4.78, 5) is 25.6. The standard InChI is InChI=1S/C18H14F3N3O5S.CH3Cl/c1-17(26,9-29-13-5-2-11(3-6-13)22-10-30)16(25)23-12-4-7-15(24(27)28)14(8-12)18(19,20)21;1-2/h2-8,26H,9H2,1H3,(H,23,25);1H3/t17-;/m1./s1. The van der Waals surface area contributed by atoms with Gasteiger partial charge in [-0.05, 0) is 55.5 Å². The van der Waals surface area contributed by atoms with Crippen LogP contribution in [0.3, 0.4) is 0 Å². The largest absolute Gasteiger partial charge is 0.490 e. The van der Waals surface area contributed by atoms with Gasteiger partial charge in [0.2, 0.25) is 0 Å². The quantitative estimate of drug-likeness (QED) is 0.186. The first kappa shape index (κ1) is 27.0. The second kappa shape index (κ2) is 11.5. The highest BCUT2D eigenvalue weighted by Gasteiger charge is 2.39. The molecule has 1 amide bonds. The van der Waals surface area contributed by atoms with E-state index in [2.05, 4.69) is 39.3 Å². The molecule has 0 fully saturated rings. The molecule has 0 unspecified atom stereocenters. The van der Waals surface area contributed by atoms with Crippen molar-refractivity contribution in [3.8, 4) is 5.75 Å². The number of rotatable bonds is 7. The highest BCUT2D eigenvalue weighted by molar-refractivity contribution is 7.78. The van der Waals surface area contributed by atoms with Crippen molar-refractivity contribution in [2.75, 3.05) is 18.3 Å². The van der Waals surface area contributed by atoms with Crippen LogP contribution >= 0.6 is 23.8 Å².